The van der Waals surface area contributed by atoms with Gasteiger partial charge in [0.2, 0.25) is 11.8 Å². The lowest BCUT2D eigenvalue weighted by atomic mass is 10.1. The van der Waals surface area contributed by atoms with E-state index >= 15 is 0 Å². The number of aromatic nitrogens is 5. The van der Waals surface area contributed by atoms with Crippen LogP contribution < -0.4 is 9.64 Å². The fraction of sp³-hybridized carbons (Fsp3) is 0.524. The van der Waals surface area contributed by atoms with Crippen molar-refractivity contribution in [1.29, 1.82) is 0 Å². The molecule has 0 aliphatic carbocycles. The van der Waals surface area contributed by atoms with E-state index in [1.165, 1.54) is 19.3 Å². The van der Waals surface area contributed by atoms with Crippen LogP contribution in [0, 0.1) is 0 Å². The molecule has 3 aromatic rings. The molecule has 0 unspecified atom stereocenters. The standard InChI is InChI=1S/C21H28N6O2S/c1-4-10-18-22-19(29-25-18)15(2)30-21-24-23-20(26-13-8-5-9-14-26)27(21)16-11-6-7-12-17(16)28-3/h6-7,11-12,15H,4-5,8-10,13-14H2,1-3H3/t15-/m0/s1. The molecule has 1 aliphatic rings. The highest BCUT2D eigenvalue weighted by atomic mass is 32.2. The molecule has 1 aliphatic heterocycles. The average Bonchev–Trinajstić information content (AvgIpc) is 3.42. The van der Waals surface area contributed by atoms with Crippen LogP contribution >= 0.6 is 11.8 Å². The van der Waals surface area contributed by atoms with E-state index in [-0.39, 0.29) is 5.25 Å². The molecule has 4 rings (SSSR count). The van der Waals surface area contributed by atoms with Crippen LogP contribution in [-0.2, 0) is 6.42 Å². The van der Waals surface area contributed by atoms with Crippen molar-refractivity contribution in [3.63, 3.8) is 0 Å². The van der Waals surface area contributed by atoms with E-state index < -0.39 is 0 Å². The minimum atomic E-state index is -0.0463. The molecule has 160 valence electrons. The molecule has 8 nitrogen and oxygen atoms in total. The monoisotopic (exact) mass is 428 g/mol. The van der Waals surface area contributed by atoms with Gasteiger partial charge in [0.25, 0.3) is 0 Å². The maximum absolute atomic E-state index is 5.64. The molecule has 0 spiro atoms. The van der Waals surface area contributed by atoms with Gasteiger partial charge in [-0.2, -0.15) is 4.98 Å². The van der Waals surface area contributed by atoms with Crippen LogP contribution in [0.25, 0.3) is 5.69 Å². The number of benzene rings is 1. The van der Waals surface area contributed by atoms with Crippen molar-refractivity contribution >= 4 is 17.7 Å². The first kappa shape index (κ1) is 20.7. The van der Waals surface area contributed by atoms with E-state index in [0.29, 0.717) is 5.89 Å². The van der Waals surface area contributed by atoms with Gasteiger partial charge in [0.1, 0.15) is 5.75 Å². The first-order valence-corrected chi connectivity index (χ1v) is 11.4. The Hall–Kier alpha value is -2.55. The maximum atomic E-state index is 5.64. The molecule has 1 aromatic carbocycles. The van der Waals surface area contributed by atoms with Crippen molar-refractivity contribution in [3.05, 3.63) is 36.0 Å². The lowest BCUT2D eigenvalue weighted by Crippen LogP contribution is -2.31. The predicted octanol–water partition coefficient (Wildman–Crippen LogP) is 4.46. The molecule has 1 atom stereocenters. The molecule has 0 radical (unpaired) electrons. The second kappa shape index (κ2) is 9.51. The molecule has 1 saturated heterocycles. The van der Waals surface area contributed by atoms with Crippen LogP contribution in [-0.4, -0.2) is 45.1 Å². The smallest absolute Gasteiger partial charge is 0.239 e. The van der Waals surface area contributed by atoms with E-state index in [1.54, 1.807) is 18.9 Å². The minimum Gasteiger partial charge on any atom is -0.495 e. The van der Waals surface area contributed by atoms with Crippen molar-refractivity contribution in [3.8, 4) is 11.4 Å². The fourth-order valence-corrected chi connectivity index (χ4v) is 4.52. The highest BCUT2D eigenvalue weighted by Gasteiger charge is 2.26. The summed E-state index contributed by atoms with van der Waals surface area (Å²) in [5.41, 5.74) is 0.928. The van der Waals surface area contributed by atoms with E-state index in [9.17, 15) is 0 Å². The van der Waals surface area contributed by atoms with Crippen LogP contribution in [0.15, 0.2) is 33.9 Å². The van der Waals surface area contributed by atoms with Gasteiger partial charge >= 0.3 is 0 Å². The number of thioether (sulfide) groups is 1. The highest BCUT2D eigenvalue weighted by molar-refractivity contribution is 7.99. The van der Waals surface area contributed by atoms with Gasteiger partial charge in [-0.3, -0.25) is 4.57 Å². The largest absolute Gasteiger partial charge is 0.495 e. The average molecular weight is 429 g/mol. The van der Waals surface area contributed by atoms with Crippen LogP contribution in [0.4, 0.5) is 5.95 Å². The molecular formula is C21H28N6O2S. The van der Waals surface area contributed by atoms with E-state index in [2.05, 4.69) is 43.7 Å². The third kappa shape index (κ3) is 4.30. The van der Waals surface area contributed by atoms with Crippen molar-refractivity contribution in [2.45, 2.75) is 56.4 Å². The summed E-state index contributed by atoms with van der Waals surface area (Å²) < 4.78 is 13.2. The summed E-state index contributed by atoms with van der Waals surface area (Å²) in [5, 5.41) is 13.9. The second-order valence-electron chi connectivity index (χ2n) is 7.40. The molecule has 0 amide bonds. The number of hydrogen-bond acceptors (Lipinski definition) is 8. The molecule has 0 saturated carbocycles. The Balaban J connectivity index is 1.69. The Bertz CT molecular complexity index is 966. The number of para-hydroxylation sites is 2. The third-order valence-electron chi connectivity index (χ3n) is 5.17. The quantitative estimate of drug-likeness (QED) is 0.487. The molecule has 30 heavy (non-hydrogen) atoms. The van der Waals surface area contributed by atoms with Crippen LogP contribution in [0.3, 0.4) is 0 Å². The summed E-state index contributed by atoms with van der Waals surface area (Å²) in [6.07, 6.45) is 5.40. The highest BCUT2D eigenvalue weighted by Crippen LogP contribution is 2.38. The van der Waals surface area contributed by atoms with Gasteiger partial charge in [-0.15, -0.1) is 10.2 Å². The van der Waals surface area contributed by atoms with Crippen molar-refractivity contribution in [2.75, 3.05) is 25.1 Å². The molecule has 2 aromatic heterocycles. The summed E-state index contributed by atoms with van der Waals surface area (Å²) in [6, 6.07) is 7.97. The Kier molecular flexibility index (Phi) is 6.56. The first-order valence-electron chi connectivity index (χ1n) is 10.5. The third-order valence-corrected chi connectivity index (χ3v) is 6.20. The summed E-state index contributed by atoms with van der Waals surface area (Å²) in [6.45, 7) is 6.12. The lowest BCUT2D eigenvalue weighted by molar-refractivity contribution is 0.374. The maximum Gasteiger partial charge on any atom is 0.239 e. The zero-order valence-corrected chi connectivity index (χ0v) is 18.6. The first-order chi connectivity index (χ1) is 14.7. The summed E-state index contributed by atoms with van der Waals surface area (Å²) in [5.74, 6) is 3.00. The van der Waals surface area contributed by atoms with Gasteiger partial charge in [0, 0.05) is 19.5 Å². The number of anilines is 1. The molecule has 3 heterocycles. The number of methoxy groups -OCH3 is 1. The zero-order chi connectivity index (χ0) is 20.9. The molecule has 0 N–H and O–H groups in total. The van der Waals surface area contributed by atoms with Crippen molar-refractivity contribution in [2.24, 2.45) is 0 Å². The predicted molar refractivity (Wildman–Crippen MR) is 117 cm³/mol. The number of piperidine rings is 1. The topological polar surface area (TPSA) is 82.1 Å². The van der Waals surface area contributed by atoms with Gasteiger partial charge in [-0.25, -0.2) is 0 Å². The molecular weight excluding hydrogens is 400 g/mol. The van der Waals surface area contributed by atoms with E-state index in [1.807, 2.05) is 24.3 Å². The summed E-state index contributed by atoms with van der Waals surface area (Å²) in [4.78, 5) is 6.85. The van der Waals surface area contributed by atoms with E-state index in [0.717, 1.165) is 54.3 Å². The Morgan fingerprint density at radius 1 is 1.17 bits per heavy atom. The van der Waals surface area contributed by atoms with Crippen molar-refractivity contribution < 1.29 is 9.26 Å². The summed E-state index contributed by atoms with van der Waals surface area (Å²) >= 11 is 1.56. The van der Waals surface area contributed by atoms with Gasteiger partial charge in [-0.05, 0) is 44.7 Å². The molecule has 0 bridgehead atoms. The Morgan fingerprint density at radius 2 is 1.97 bits per heavy atom. The van der Waals surface area contributed by atoms with Gasteiger partial charge in [-0.1, -0.05) is 36.0 Å². The number of rotatable bonds is 8. The van der Waals surface area contributed by atoms with Crippen LogP contribution in [0.5, 0.6) is 5.75 Å². The van der Waals surface area contributed by atoms with Gasteiger partial charge in [0.05, 0.1) is 18.0 Å². The fourth-order valence-electron chi connectivity index (χ4n) is 3.63. The zero-order valence-electron chi connectivity index (χ0n) is 17.7. The number of hydrogen-bond donors (Lipinski definition) is 0. The Labute approximate surface area is 181 Å². The molecule has 9 heteroatoms. The van der Waals surface area contributed by atoms with Crippen LogP contribution in [0.1, 0.15) is 56.5 Å². The van der Waals surface area contributed by atoms with Gasteiger partial charge in [0.15, 0.2) is 11.0 Å². The lowest BCUT2D eigenvalue weighted by Gasteiger charge is -2.28. The van der Waals surface area contributed by atoms with E-state index in [4.69, 9.17) is 9.26 Å². The number of ether oxygens (including phenoxy) is 1. The Morgan fingerprint density at radius 3 is 2.73 bits per heavy atom. The minimum absolute atomic E-state index is 0.0463. The molecule has 1 fully saturated rings. The normalized spacial score (nSPS) is 15.4. The second-order valence-corrected chi connectivity index (χ2v) is 8.70. The summed E-state index contributed by atoms with van der Waals surface area (Å²) in [7, 11) is 1.69. The number of aryl methyl sites for hydroxylation is 1. The van der Waals surface area contributed by atoms with Crippen molar-refractivity contribution in [1.82, 2.24) is 24.9 Å². The number of nitrogens with zero attached hydrogens (tertiary/aromatic N) is 6. The van der Waals surface area contributed by atoms with Crippen LogP contribution in [0.2, 0.25) is 0 Å². The van der Waals surface area contributed by atoms with Gasteiger partial charge < -0.3 is 14.2 Å². The SMILES string of the molecule is CCCc1noc([C@H](C)Sc2nnc(N3CCCCC3)n2-c2ccccc2OC)n1.